The summed E-state index contributed by atoms with van der Waals surface area (Å²) in [6, 6.07) is 2.07. The topological polar surface area (TPSA) is 34.9 Å². The number of aryl methyl sites for hydroxylation is 3. The molecule has 0 aliphatic heterocycles. The van der Waals surface area contributed by atoms with E-state index >= 15 is 0 Å². The van der Waals surface area contributed by atoms with E-state index in [2.05, 4.69) is 18.1 Å². The normalized spacial score (nSPS) is 11.8. The summed E-state index contributed by atoms with van der Waals surface area (Å²) in [4.78, 5) is 11.8. The lowest BCUT2D eigenvalue weighted by molar-refractivity contribution is -0.126. The van der Waals surface area contributed by atoms with Crippen LogP contribution in [-0.4, -0.2) is 15.6 Å². The molecule has 1 rings (SSSR count). The number of carbonyl (C=O) groups excluding carboxylic acids is 1. The standard InChI is InChI=1S/C13H22N2O/c1-6-15-11(9-10(2)14-15)7-8-12(16)13(3,4)5/h9H,6-8H2,1-5H3. The van der Waals surface area contributed by atoms with Gasteiger partial charge in [0, 0.05) is 24.1 Å². The molecule has 0 N–H and O–H groups in total. The van der Waals surface area contributed by atoms with Crippen LogP contribution < -0.4 is 0 Å². The van der Waals surface area contributed by atoms with Gasteiger partial charge >= 0.3 is 0 Å². The van der Waals surface area contributed by atoms with Gasteiger partial charge in [-0.15, -0.1) is 0 Å². The monoisotopic (exact) mass is 222 g/mol. The van der Waals surface area contributed by atoms with Gasteiger partial charge in [0.1, 0.15) is 5.78 Å². The van der Waals surface area contributed by atoms with Gasteiger partial charge in [-0.2, -0.15) is 5.10 Å². The SMILES string of the molecule is CCn1nc(C)cc1CCC(=O)C(C)(C)C. The molecule has 0 aromatic carbocycles. The second-order valence-corrected chi connectivity index (χ2v) is 5.27. The summed E-state index contributed by atoms with van der Waals surface area (Å²) in [7, 11) is 0. The van der Waals surface area contributed by atoms with Crippen LogP contribution >= 0.6 is 0 Å². The van der Waals surface area contributed by atoms with Crippen molar-refractivity contribution in [3.05, 3.63) is 17.5 Å². The maximum Gasteiger partial charge on any atom is 0.138 e. The number of hydrogen-bond donors (Lipinski definition) is 0. The van der Waals surface area contributed by atoms with E-state index in [1.165, 1.54) is 0 Å². The highest BCUT2D eigenvalue weighted by molar-refractivity contribution is 5.83. The largest absolute Gasteiger partial charge is 0.299 e. The Morgan fingerprint density at radius 3 is 2.56 bits per heavy atom. The first-order valence-corrected chi connectivity index (χ1v) is 5.91. The fraction of sp³-hybridized carbons (Fsp3) is 0.692. The molecule has 0 amide bonds. The van der Waals surface area contributed by atoms with Crippen molar-refractivity contribution in [1.82, 2.24) is 9.78 Å². The van der Waals surface area contributed by atoms with Crippen LogP contribution in [0.3, 0.4) is 0 Å². The van der Waals surface area contributed by atoms with E-state index in [1.807, 2.05) is 32.4 Å². The molecule has 1 aromatic heterocycles. The summed E-state index contributed by atoms with van der Waals surface area (Å²) in [5.74, 6) is 0.314. The molecule has 0 unspecified atom stereocenters. The Labute approximate surface area is 97.8 Å². The molecule has 0 saturated heterocycles. The molecule has 1 aromatic rings. The number of aromatic nitrogens is 2. The number of ketones is 1. The lowest BCUT2D eigenvalue weighted by atomic mass is 9.88. The molecule has 0 bridgehead atoms. The highest BCUT2D eigenvalue weighted by Gasteiger charge is 2.21. The summed E-state index contributed by atoms with van der Waals surface area (Å²) in [6.45, 7) is 10.8. The molecule has 90 valence electrons. The molecule has 0 aliphatic rings. The van der Waals surface area contributed by atoms with Crippen LogP contribution in [0.2, 0.25) is 0 Å². The minimum Gasteiger partial charge on any atom is -0.299 e. The average Bonchev–Trinajstić information content (AvgIpc) is 2.53. The molecule has 3 heteroatoms. The number of nitrogens with zero attached hydrogens (tertiary/aromatic N) is 2. The first kappa shape index (κ1) is 12.9. The quantitative estimate of drug-likeness (QED) is 0.785. The highest BCUT2D eigenvalue weighted by Crippen LogP contribution is 2.18. The number of Topliss-reactive ketones (excluding diaryl/α,β-unsaturated/α-hetero) is 1. The number of hydrogen-bond acceptors (Lipinski definition) is 2. The van der Waals surface area contributed by atoms with Crippen LogP contribution in [0.1, 0.15) is 45.5 Å². The Kier molecular flexibility index (Phi) is 3.89. The maximum atomic E-state index is 11.8. The van der Waals surface area contributed by atoms with E-state index in [1.54, 1.807) is 0 Å². The molecule has 1 heterocycles. The third-order valence-corrected chi connectivity index (χ3v) is 2.73. The van der Waals surface area contributed by atoms with Gasteiger partial charge in [0.2, 0.25) is 0 Å². The Morgan fingerprint density at radius 1 is 1.44 bits per heavy atom. The van der Waals surface area contributed by atoms with Crippen LogP contribution in [-0.2, 0) is 17.8 Å². The maximum absolute atomic E-state index is 11.8. The van der Waals surface area contributed by atoms with Gasteiger partial charge < -0.3 is 0 Å². The van der Waals surface area contributed by atoms with E-state index < -0.39 is 0 Å². The van der Waals surface area contributed by atoms with E-state index in [0.717, 1.165) is 24.4 Å². The van der Waals surface area contributed by atoms with Crippen molar-refractivity contribution in [2.75, 3.05) is 0 Å². The van der Waals surface area contributed by atoms with E-state index in [4.69, 9.17) is 0 Å². The third kappa shape index (κ3) is 3.19. The van der Waals surface area contributed by atoms with Gasteiger partial charge in [-0.1, -0.05) is 20.8 Å². The number of rotatable bonds is 4. The van der Waals surface area contributed by atoms with Crippen LogP contribution in [0.5, 0.6) is 0 Å². The van der Waals surface area contributed by atoms with E-state index in [9.17, 15) is 4.79 Å². The van der Waals surface area contributed by atoms with Crippen molar-refractivity contribution < 1.29 is 4.79 Å². The molecule has 0 radical (unpaired) electrons. The zero-order valence-electron chi connectivity index (χ0n) is 11.0. The lowest BCUT2D eigenvalue weighted by Crippen LogP contribution is -2.20. The first-order valence-electron chi connectivity index (χ1n) is 5.91. The smallest absolute Gasteiger partial charge is 0.138 e. The van der Waals surface area contributed by atoms with Gasteiger partial charge in [0.05, 0.1) is 5.69 Å². The Bertz CT molecular complexity index is 372. The highest BCUT2D eigenvalue weighted by atomic mass is 16.1. The minimum atomic E-state index is -0.230. The summed E-state index contributed by atoms with van der Waals surface area (Å²) in [5.41, 5.74) is 1.96. The molecule has 0 saturated carbocycles. The predicted molar refractivity (Wildman–Crippen MR) is 65.4 cm³/mol. The fourth-order valence-corrected chi connectivity index (χ4v) is 1.69. The summed E-state index contributed by atoms with van der Waals surface area (Å²) in [6.07, 6.45) is 1.40. The van der Waals surface area contributed by atoms with Gasteiger partial charge in [0.15, 0.2) is 0 Å². The van der Waals surface area contributed by atoms with Crippen molar-refractivity contribution in [1.29, 1.82) is 0 Å². The Balaban J connectivity index is 2.64. The first-order chi connectivity index (χ1) is 7.34. The van der Waals surface area contributed by atoms with Gasteiger partial charge in [-0.25, -0.2) is 0 Å². The molecule has 3 nitrogen and oxygen atoms in total. The Hall–Kier alpha value is -1.12. The van der Waals surface area contributed by atoms with Crippen LogP contribution in [0.15, 0.2) is 6.07 Å². The summed E-state index contributed by atoms with van der Waals surface area (Å²) >= 11 is 0. The Morgan fingerprint density at radius 2 is 2.06 bits per heavy atom. The minimum absolute atomic E-state index is 0.230. The second kappa shape index (κ2) is 4.81. The van der Waals surface area contributed by atoms with E-state index in [0.29, 0.717) is 12.2 Å². The molecule has 0 aliphatic carbocycles. The van der Waals surface area contributed by atoms with Gasteiger partial charge in [-0.3, -0.25) is 9.48 Å². The van der Waals surface area contributed by atoms with Crippen molar-refractivity contribution in [2.24, 2.45) is 5.41 Å². The summed E-state index contributed by atoms with van der Waals surface area (Å²) < 4.78 is 1.98. The second-order valence-electron chi connectivity index (χ2n) is 5.27. The predicted octanol–water partition coefficient (Wildman–Crippen LogP) is 2.76. The van der Waals surface area contributed by atoms with Crippen LogP contribution in [0.25, 0.3) is 0 Å². The van der Waals surface area contributed by atoms with Crippen LogP contribution in [0, 0.1) is 12.3 Å². The fourth-order valence-electron chi connectivity index (χ4n) is 1.69. The zero-order chi connectivity index (χ0) is 12.3. The lowest BCUT2D eigenvalue weighted by Gasteiger charge is -2.16. The van der Waals surface area contributed by atoms with Crippen molar-refractivity contribution in [2.45, 2.75) is 54.0 Å². The van der Waals surface area contributed by atoms with Gasteiger partial charge in [0.25, 0.3) is 0 Å². The zero-order valence-corrected chi connectivity index (χ0v) is 11.0. The molecular weight excluding hydrogens is 200 g/mol. The third-order valence-electron chi connectivity index (χ3n) is 2.73. The molecule has 0 atom stereocenters. The van der Waals surface area contributed by atoms with Gasteiger partial charge in [-0.05, 0) is 26.3 Å². The molecule has 16 heavy (non-hydrogen) atoms. The summed E-state index contributed by atoms with van der Waals surface area (Å²) in [5, 5.41) is 4.37. The average molecular weight is 222 g/mol. The van der Waals surface area contributed by atoms with Crippen LogP contribution in [0.4, 0.5) is 0 Å². The van der Waals surface area contributed by atoms with Crippen molar-refractivity contribution in [3.8, 4) is 0 Å². The van der Waals surface area contributed by atoms with E-state index in [-0.39, 0.29) is 5.41 Å². The van der Waals surface area contributed by atoms with Crippen molar-refractivity contribution >= 4 is 5.78 Å². The molecule has 0 fully saturated rings. The molecule has 0 spiro atoms. The number of carbonyl (C=O) groups is 1. The molecular formula is C13H22N2O. The van der Waals surface area contributed by atoms with Crippen molar-refractivity contribution in [3.63, 3.8) is 0 Å².